The van der Waals surface area contributed by atoms with Crippen LogP contribution in [0.4, 0.5) is 17.2 Å². The van der Waals surface area contributed by atoms with E-state index in [4.69, 9.17) is 4.74 Å². The standard InChI is InChI=1S/C23H24N8O3/c1-24-16-12-19(27-15-6-5-11-30(23(15)33)20-7-3-4-10-25-20)29-31-17(13-26-21(16)31)22(32)28-14-8-9-18(14)34-2/h3-7,10-14,18,24H,8-9H2,1-2H3,(H,27,29)(H,28,32). The summed E-state index contributed by atoms with van der Waals surface area (Å²) >= 11 is 0. The Morgan fingerprint density at radius 2 is 2.03 bits per heavy atom. The monoisotopic (exact) mass is 460 g/mol. The molecule has 0 bridgehead atoms. The summed E-state index contributed by atoms with van der Waals surface area (Å²) in [7, 11) is 3.39. The molecule has 34 heavy (non-hydrogen) atoms. The van der Waals surface area contributed by atoms with E-state index in [-0.39, 0.29) is 29.3 Å². The Kier molecular flexibility index (Phi) is 5.68. The molecule has 0 saturated heterocycles. The van der Waals surface area contributed by atoms with Gasteiger partial charge >= 0.3 is 0 Å². The number of carbonyl (C=O) groups excluding carboxylic acids is 1. The van der Waals surface area contributed by atoms with Crippen LogP contribution in [0.25, 0.3) is 11.5 Å². The maximum absolute atomic E-state index is 13.1. The molecule has 3 N–H and O–H groups in total. The number of anilines is 3. The first-order valence-electron chi connectivity index (χ1n) is 10.9. The molecule has 5 rings (SSSR count). The lowest BCUT2D eigenvalue weighted by Gasteiger charge is -2.35. The van der Waals surface area contributed by atoms with Crippen molar-refractivity contribution < 1.29 is 9.53 Å². The fourth-order valence-electron chi connectivity index (χ4n) is 3.93. The second-order valence-corrected chi connectivity index (χ2v) is 7.91. The molecule has 2 atom stereocenters. The van der Waals surface area contributed by atoms with Crippen molar-refractivity contribution in [3.8, 4) is 5.82 Å². The highest BCUT2D eigenvalue weighted by atomic mass is 16.5. The fraction of sp³-hybridized carbons (Fsp3) is 0.261. The Bertz CT molecular complexity index is 1400. The van der Waals surface area contributed by atoms with E-state index >= 15 is 0 Å². The number of hydrogen-bond donors (Lipinski definition) is 3. The number of pyridine rings is 2. The molecule has 4 aromatic rings. The number of methoxy groups -OCH3 is 1. The third kappa shape index (κ3) is 3.86. The second-order valence-electron chi connectivity index (χ2n) is 7.91. The summed E-state index contributed by atoms with van der Waals surface area (Å²) in [6, 6.07) is 10.5. The van der Waals surface area contributed by atoms with Gasteiger partial charge in [0.25, 0.3) is 11.5 Å². The molecule has 1 amide bonds. The molecular formula is C23H24N8O3. The molecule has 1 saturated carbocycles. The van der Waals surface area contributed by atoms with Crippen LogP contribution in [0.3, 0.4) is 0 Å². The third-order valence-corrected chi connectivity index (χ3v) is 5.91. The summed E-state index contributed by atoms with van der Waals surface area (Å²) in [5, 5.41) is 13.7. The highest BCUT2D eigenvalue weighted by molar-refractivity contribution is 5.94. The van der Waals surface area contributed by atoms with Crippen molar-refractivity contribution in [2.75, 3.05) is 24.8 Å². The first kappa shape index (κ1) is 21.6. The minimum atomic E-state index is -0.289. The van der Waals surface area contributed by atoms with Crippen LogP contribution in [-0.2, 0) is 4.74 Å². The third-order valence-electron chi connectivity index (χ3n) is 5.91. The van der Waals surface area contributed by atoms with Gasteiger partial charge in [0.05, 0.1) is 24.0 Å². The average Bonchev–Trinajstić information content (AvgIpc) is 3.27. The molecule has 0 aliphatic heterocycles. The van der Waals surface area contributed by atoms with Crippen LogP contribution in [0.1, 0.15) is 23.3 Å². The summed E-state index contributed by atoms with van der Waals surface area (Å²) in [5.41, 5.74) is 1.46. The number of nitrogens with zero attached hydrogens (tertiary/aromatic N) is 5. The van der Waals surface area contributed by atoms with Crippen LogP contribution in [0.5, 0.6) is 0 Å². The molecule has 11 nitrogen and oxygen atoms in total. The lowest BCUT2D eigenvalue weighted by Crippen LogP contribution is -2.51. The zero-order valence-electron chi connectivity index (χ0n) is 18.7. The molecule has 11 heteroatoms. The van der Waals surface area contributed by atoms with Gasteiger partial charge in [0.15, 0.2) is 17.2 Å². The molecular weight excluding hydrogens is 436 g/mol. The zero-order chi connectivity index (χ0) is 23.7. The maximum atomic E-state index is 13.1. The highest BCUT2D eigenvalue weighted by Crippen LogP contribution is 2.24. The molecule has 1 fully saturated rings. The van der Waals surface area contributed by atoms with Crippen LogP contribution in [0, 0.1) is 0 Å². The molecule has 0 radical (unpaired) electrons. The van der Waals surface area contributed by atoms with E-state index in [1.807, 2.05) is 6.07 Å². The van der Waals surface area contributed by atoms with Gasteiger partial charge < -0.3 is 20.7 Å². The van der Waals surface area contributed by atoms with Gasteiger partial charge in [-0.2, -0.15) is 0 Å². The first-order chi connectivity index (χ1) is 16.6. The van der Waals surface area contributed by atoms with E-state index < -0.39 is 0 Å². The highest BCUT2D eigenvalue weighted by Gasteiger charge is 2.33. The van der Waals surface area contributed by atoms with E-state index in [2.05, 4.69) is 31.0 Å². The Labute approximate surface area is 194 Å². The van der Waals surface area contributed by atoms with Crippen molar-refractivity contribution in [2.45, 2.75) is 25.0 Å². The SMILES string of the molecule is CNc1cc(Nc2cccn(-c3ccccn3)c2=O)nn2c(C(=O)NC3CCC3OC)cnc12. The van der Waals surface area contributed by atoms with Crippen LogP contribution in [0.15, 0.2) is 59.8 Å². The van der Waals surface area contributed by atoms with Crippen molar-refractivity contribution in [1.82, 2.24) is 29.5 Å². The number of nitrogens with one attached hydrogen (secondary N) is 3. The van der Waals surface area contributed by atoms with Gasteiger partial charge in [-0.1, -0.05) is 6.07 Å². The minimum Gasteiger partial charge on any atom is -0.385 e. The quantitative estimate of drug-likeness (QED) is 0.382. The van der Waals surface area contributed by atoms with Crippen molar-refractivity contribution >= 4 is 28.7 Å². The van der Waals surface area contributed by atoms with Gasteiger partial charge in [0, 0.05) is 32.6 Å². The molecule has 0 spiro atoms. The van der Waals surface area contributed by atoms with E-state index in [1.54, 1.807) is 56.9 Å². The molecule has 1 aliphatic rings. The number of hydrogen-bond acceptors (Lipinski definition) is 8. The normalized spacial score (nSPS) is 17.2. The number of imidazole rings is 1. The maximum Gasteiger partial charge on any atom is 0.279 e. The number of amides is 1. The Hall–Kier alpha value is -4.25. The van der Waals surface area contributed by atoms with E-state index in [1.165, 1.54) is 15.3 Å². The van der Waals surface area contributed by atoms with Crippen molar-refractivity contribution in [2.24, 2.45) is 0 Å². The predicted octanol–water partition coefficient (Wildman–Crippen LogP) is 1.97. The summed E-state index contributed by atoms with van der Waals surface area (Å²) in [6.07, 6.45) is 6.55. The van der Waals surface area contributed by atoms with Gasteiger partial charge in [-0.3, -0.25) is 14.2 Å². The van der Waals surface area contributed by atoms with Crippen LogP contribution < -0.4 is 21.5 Å². The Morgan fingerprint density at radius 1 is 1.15 bits per heavy atom. The number of aromatic nitrogens is 5. The lowest BCUT2D eigenvalue weighted by molar-refractivity contribution is 0.00718. The van der Waals surface area contributed by atoms with Gasteiger partial charge in [0.2, 0.25) is 0 Å². The Balaban J connectivity index is 1.48. The van der Waals surface area contributed by atoms with Gasteiger partial charge in [-0.15, -0.1) is 5.10 Å². The summed E-state index contributed by atoms with van der Waals surface area (Å²) in [6.45, 7) is 0. The molecule has 2 unspecified atom stereocenters. The number of fused-ring (bicyclic) bond motifs is 1. The van der Waals surface area contributed by atoms with Gasteiger partial charge in [-0.25, -0.2) is 14.5 Å². The first-order valence-corrected chi connectivity index (χ1v) is 10.9. The summed E-state index contributed by atoms with van der Waals surface area (Å²) in [4.78, 5) is 34.6. The van der Waals surface area contributed by atoms with Crippen molar-refractivity contribution in [3.63, 3.8) is 0 Å². The Morgan fingerprint density at radius 3 is 2.74 bits per heavy atom. The van der Waals surface area contributed by atoms with Crippen molar-refractivity contribution in [1.29, 1.82) is 0 Å². The summed E-state index contributed by atoms with van der Waals surface area (Å²) < 4.78 is 8.28. The number of carbonyl (C=O) groups is 1. The second kappa shape index (κ2) is 8.94. The van der Waals surface area contributed by atoms with Crippen LogP contribution in [-0.4, -0.2) is 56.4 Å². The fourth-order valence-corrected chi connectivity index (χ4v) is 3.93. The van der Waals surface area contributed by atoms with E-state index in [0.717, 1.165) is 12.8 Å². The molecule has 174 valence electrons. The van der Waals surface area contributed by atoms with Crippen molar-refractivity contribution in [3.05, 3.63) is 71.0 Å². The van der Waals surface area contributed by atoms with Gasteiger partial charge in [-0.05, 0) is 37.1 Å². The van der Waals surface area contributed by atoms with Crippen LogP contribution in [0.2, 0.25) is 0 Å². The zero-order valence-corrected chi connectivity index (χ0v) is 18.7. The van der Waals surface area contributed by atoms with Crippen LogP contribution >= 0.6 is 0 Å². The van der Waals surface area contributed by atoms with E-state index in [9.17, 15) is 9.59 Å². The molecule has 4 aromatic heterocycles. The van der Waals surface area contributed by atoms with E-state index in [0.29, 0.717) is 28.7 Å². The summed E-state index contributed by atoms with van der Waals surface area (Å²) in [5.74, 6) is 0.593. The minimum absolute atomic E-state index is 0.0144. The predicted molar refractivity (Wildman–Crippen MR) is 127 cm³/mol. The molecule has 0 aromatic carbocycles. The largest absolute Gasteiger partial charge is 0.385 e. The molecule has 4 heterocycles. The molecule has 1 aliphatic carbocycles. The topological polar surface area (TPSA) is 127 Å². The average molecular weight is 460 g/mol. The lowest BCUT2D eigenvalue weighted by atomic mass is 9.89. The number of rotatable bonds is 7. The van der Waals surface area contributed by atoms with Gasteiger partial charge in [0.1, 0.15) is 11.5 Å². The smallest absolute Gasteiger partial charge is 0.279 e. The number of ether oxygens (including phenoxy) is 1.